The number of benzene rings is 1. The van der Waals surface area contributed by atoms with Gasteiger partial charge in [0.1, 0.15) is 0 Å². The van der Waals surface area contributed by atoms with Gasteiger partial charge in [-0.2, -0.15) is 13.2 Å². The lowest BCUT2D eigenvalue weighted by atomic mass is 10.0. The second-order valence-corrected chi connectivity index (χ2v) is 3.60. The van der Waals surface area contributed by atoms with E-state index in [0.717, 1.165) is 5.56 Å². The molecule has 1 aromatic rings. The van der Waals surface area contributed by atoms with Crippen LogP contribution in [-0.2, 0) is 0 Å². The molecule has 4 heteroatoms. The van der Waals surface area contributed by atoms with Crippen LogP contribution in [0, 0.1) is 5.92 Å². The molecule has 0 aromatic heterocycles. The number of nitrogens with zero attached hydrogens (tertiary/aromatic N) is 1. The Bertz CT molecular complexity index is 367. The van der Waals surface area contributed by atoms with Gasteiger partial charge in [-0.25, -0.2) is 0 Å². The molecule has 0 radical (unpaired) electrons. The fourth-order valence-corrected chi connectivity index (χ4v) is 1.64. The predicted octanol–water partition coefficient (Wildman–Crippen LogP) is 3.06. The largest absolute Gasteiger partial charge is 0.393 e. The molecule has 1 nitrogen and oxygen atoms in total. The van der Waals surface area contributed by atoms with E-state index in [4.69, 9.17) is 0 Å². The Hall–Kier alpha value is -1.32. The van der Waals surface area contributed by atoms with Crippen LogP contribution in [-0.4, -0.2) is 18.4 Å². The SMILES string of the molecule is FC(F)(F)[C@H]1CN=C(c2ccccc2)C1. The second-order valence-electron chi connectivity index (χ2n) is 3.60. The smallest absolute Gasteiger partial charge is 0.288 e. The van der Waals surface area contributed by atoms with Crippen LogP contribution in [0.25, 0.3) is 0 Å². The zero-order valence-electron chi connectivity index (χ0n) is 7.96. The average molecular weight is 213 g/mol. The molecule has 0 amide bonds. The highest BCUT2D eigenvalue weighted by molar-refractivity contribution is 6.01. The van der Waals surface area contributed by atoms with Gasteiger partial charge in [-0.3, -0.25) is 4.99 Å². The molecule has 1 heterocycles. The van der Waals surface area contributed by atoms with Gasteiger partial charge < -0.3 is 0 Å². The number of halogens is 3. The predicted molar refractivity (Wildman–Crippen MR) is 52.0 cm³/mol. The lowest BCUT2D eigenvalue weighted by Gasteiger charge is -2.12. The molecular weight excluding hydrogens is 203 g/mol. The van der Waals surface area contributed by atoms with Gasteiger partial charge in [0.15, 0.2) is 0 Å². The van der Waals surface area contributed by atoms with Gasteiger partial charge in [-0.15, -0.1) is 0 Å². The highest BCUT2D eigenvalue weighted by atomic mass is 19.4. The van der Waals surface area contributed by atoms with E-state index < -0.39 is 12.1 Å². The van der Waals surface area contributed by atoms with Crippen molar-refractivity contribution < 1.29 is 13.2 Å². The van der Waals surface area contributed by atoms with E-state index in [1.807, 2.05) is 6.07 Å². The van der Waals surface area contributed by atoms with Crippen LogP contribution in [0.2, 0.25) is 0 Å². The first kappa shape index (κ1) is 10.2. The average Bonchev–Trinajstić information content (AvgIpc) is 2.67. The topological polar surface area (TPSA) is 12.4 Å². The maximum Gasteiger partial charge on any atom is 0.393 e. The van der Waals surface area contributed by atoms with E-state index in [2.05, 4.69) is 4.99 Å². The molecule has 80 valence electrons. The van der Waals surface area contributed by atoms with E-state index in [0.29, 0.717) is 5.71 Å². The monoisotopic (exact) mass is 213 g/mol. The van der Waals surface area contributed by atoms with Crippen LogP contribution in [0.1, 0.15) is 12.0 Å². The van der Waals surface area contributed by atoms with Crippen molar-refractivity contribution in [3.63, 3.8) is 0 Å². The quantitative estimate of drug-likeness (QED) is 0.679. The molecule has 15 heavy (non-hydrogen) atoms. The number of aliphatic imine (C=N–C) groups is 1. The van der Waals surface area contributed by atoms with Gasteiger partial charge in [0.05, 0.1) is 12.5 Å². The van der Waals surface area contributed by atoms with Crippen molar-refractivity contribution in [3.05, 3.63) is 35.9 Å². The lowest BCUT2D eigenvalue weighted by molar-refractivity contribution is -0.167. The fraction of sp³-hybridized carbons (Fsp3) is 0.364. The summed E-state index contributed by atoms with van der Waals surface area (Å²) < 4.78 is 37.1. The Labute approximate surface area is 85.6 Å². The zero-order valence-corrected chi connectivity index (χ0v) is 7.96. The van der Waals surface area contributed by atoms with Gasteiger partial charge in [-0.1, -0.05) is 30.3 Å². The van der Waals surface area contributed by atoms with Crippen molar-refractivity contribution in [1.29, 1.82) is 0 Å². The van der Waals surface area contributed by atoms with Crippen LogP contribution in [0.3, 0.4) is 0 Å². The minimum Gasteiger partial charge on any atom is -0.288 e. The molecule has 0 aliphatic carbocycles. The van der Waals surface area contributed by atoms with E-state index in [9.17, 15) is 13.2 Å². The Morgan fingerprint density at radius 1 is 1.13 bits per heavy atom. The summed E-state index contributed by atoms with van der Waals surface area (Å²) in [4.78, 5) is 3.95. The maximum atomic E-state index is 12.4. The van der Waals surface area contributed by atoms with Crippen molar-refractivity contribution in [3.8, 4) is 0 Å². The summed E-state index contributed by atoms with van der Waals surface area (Å²) in [5.74, 6) is -1.30. The van der Waals surface area contributed by atoms with Gasteiger partial charge in [0, 0.05) is 12.1 Å². The Morgan fingerprint density at radius 2 is 1.80 bits per heavy atom. The van der Waals surface area contributed by atoms with Gasteiger partial charge >= 0.3 is 6.18 Å². The second kappa shape index (κ2) is 3.68. The molecule has 1 aliphatic heterocycles. The summed E-state index contributed by atoms with van der Waals surface area (Å²) in [6.07, 6.45) is -4.12. The normalized spacial score (nSPS) is 21.5. The van der Waals surface area contributed by atoms with Crippen molar-refractivity contribution in [2.24, 2.45) is 10.9 Å². The lowest BCUT2D eigenvalue weighted by Crippen LogP contribution is -2.23. The molecule has 0 N–H and O–H groups in total. The van der Waals surface area contributed by atoms with Crippen molar-refractivity contribution in [2.45, 2.75) is 12.6 Å². The summed E-state index contributed by atoms with van der Waals surface area (Å²) in [5, 5.41) is 0. The highest BCUT2D eigenvalue weighted by Crippen LogP contribution is 2.33. The van der Waals surface area contributed by atoms with Gasteiger partial charge in [0.25, 0.3) is 0 Å². The van der Waals surface area contributed by atoms with Crippen LogP contribution in [0.15, 0.2) is 35.3 Å². The van der Waals surface area contributed by atoms with Crippen molar-refractivity contribution in [2.75, 3.05) is 6.54 Å². The molecule has 1 atom stereocenters. The fourth-order valence-electron chi connectivity index (χ4n) is 1.64. The molecule has 2 rings (SSSR count). The summed E-state index contributed by atoms with van der Waals surface area (Å²) in [6, 6.07) is 9.02. The van der Waals surface area contributed by atoms with Crippen LogP contribution >= 0.6 is 0 Å². The molecule has 0 saturated heterocycles. The summed E-state index contributed by atoms with van der Waals surface area (Å²) in [5.41, 5.74) is 1.36. The van der Waals surface area contributed by atoms with Crippen LogP contribution in [0.5, 0.6) is 0 Å². The summed E-state index contributed by atoms with van der Waals surface area (Å²) in [7, 11) is 0. The molecule has 1 aliphatic rings. The third kappa shape index (κ3) is 2.19. The number of hydrogen-bond donors (Lipinski definition) is 0. The Morgan fingerprint density at radius 3 is 2.33 bits per heavy atom. The molecule has 0 unspecified atom stereocenters. The zero-order chi connectivity index (χ0) is 10.9. The van der Waals surface area contributed by atoms with Crippen molar-refractivity contribution in [1.82, 2.24) is 0 Å². The standard InChI is InChI=1S/C11H10F3N/c12-11(13,14)9-6-10(15-7-9)8-4-2-1-3-5-8/h1-5,9H,6-7H2/t9-/m1/s1. The maximum absolute atomic E-state index is 12.4. The highest BCUT2D eigenvalue weighted by Gasteiger charge is 2.42. The van der Waals surface area contributed by atoms with Gasteiger partial charge in [0.2, 0.25) is 0 Å². The molecule has 0 saturated carbocycles. The van der Waals surface area contributed by atoms with E-state index >= 15 is 0 Å². The Balaban J connectivity index is 2.11. The third-order valence-electron chi connectivity index (χ3n) is 2.51. The molecule has 0 bridgehead atoms. The molecule has 1 aromatic carbocycles. The first-order chi connectivity index (χ1) is 7.07. The minimum absolute atomic E-state index is 0.00745. The molecule has 0 spiro atoms. The van der Waals surface area contributed by atoms with Crippen LogP contribution < -0.4 is 0 Å². The first-order valence-corrected chi connectivity index (χ1v) is 4.73. The van der Waals surface area contributed by atoms with E-state index in [1.165, 1.54) is 0 Å². The summed E-state index contributed by atoms with van der Waals surface area (Å²) >= 11 is 0. The third-order valence-corrected chi connectivity index (χ3v) is 2.51. The molecule has 0 fully saturated rings. The van der Waals surface area contributed by atoms with E-state index in [-0.39, 0.29) is 13.0 Å². The first-order valence-electron chi connectivity index (χ1n) is 4.73. The Kier molecular flexibility index (Phi) is 2.50. The van der Waals surface area contributed by atoms with Gasteiger partial charge in [-0.05, 0) is 5.56 Å². The molecular formula is C11H10F3N. The minimum atomic E-state index is -4.12. The number of alkyl halides is 3. The number of hydrogen-bond acceptors (Lipinski definition) is 1. The summed E-state index contributed by atoms with van der Waals surface area (Å²) in [6.45, 7) is -0.131. The van der Waals surface area contributed by atoms with Crippen molar-refractivity contribution >= 4 is 5.71 Å². The number of rotatable bonds is 1. The van der Waals surface area contributed by atoms with Crippen LogP contribution in [0.4, 0.5) is 13.2 Å². The van der Waals surface area contributed by atoms with E-state index in [1.54, 1.807) is 24.3 Å².